The molecular formula is C27H39N3O7. The number of hydrogen-bond donors (Lipinski definition) is 4. The minimum atomic E-state index is -0.984. The molecule has 0 radical (unpaired) electrons. The van der Waals surface area contributed by atoms with Crippen molar-refractivity contribution in [3.05, 3.63) is 48.0 Å². The summed E-state index contributed by atoms with van der Waals surface area (Å²) < 4.78 is 10.7. The third-order valence-corrected chi connectivity index (χ3v) is 5.99. The van der Waals surface area contributed by atoms with Crippen molar-refractivity contribution in [3.8, 4) is 0 Å². The standard InChI is InChI=1S/C27H39N3O7/c1-18(15-31)28-23(32)14-20-12-8-9-13-21(29-26(35)37-16-19-10-6-5-7-11-19)25(34)36-17-22(27(2,3)4)30-24(20)33/h5-11,18,20-22,31H,12-17H2,1-4H3,(H,28,32)(H,29,35)(H,30,33). The Kier molecular flexibility index (Phi) is 11.6. The first-order valence-corrected chi connectivity index (χ1v) is 12.5. The number of rotatable bonds is 7. The lowest BCUT2D eigenvalue weighted by Gasteiger charge is -2.33. The minimum absolute atomic E-state index is 0.0566. The van der Waals surface area contributed by atoms with Crippen molar-refractivity contribution in [2.24, 2.45) is 11.3 Å². The van der Waals surface area contributed by atoms with E-state index < -0.39 is 41.5 Å². The van der Waals surface area contributed by atoms with Crippen molar-refractivity contribution < 1.29 is 33.8 Å². The minimum Gasteiger partial charge on any atom is -0.462 e. The van der Waals surface area contributed by atoms with Crippen LogP contribution in [-0.2, 0) is 30.5 Å². The maximum absolute atomic E-state index is 13.1. The molecule has 1 heterocycles. The third-order valence-electron chi connectivity index (χ3n) is 5.99. The van der Waals surface area contributed by atoms with Gasteiger partial charge in [-0.1, -0.05) is 63.3 Å². The van der Waals surface area contributed by atoms with Gasteiger partial charge in [0.1, 0.15) is 19.3 Å². The summed E-state index contributed by atoms with van der Waals surface area (Å²) in [7, 11) is 0. The molecule has 1 aromatic carbocycles. The van der Waals surface area contributed by atoms with Crippen LogP contribution in [0.4, 0.5) is 4.79 Å². The van der Waals surface area contributed by atoms with Crippen LogP contribution in [0.3, 0.4) is 0 Å². The van der Waals surface area contributed by atoms with E-state index in [1.165, 1.54) is 0 Å². The molecule has 1 aliphatic heterocycles. The summed E-state index contributed by atoms with van der Waals surface area (Å²) in [5, 5.41) is 17.3. The number of amides is 3. The normalized spacial score (nSPS) is 21.9. The fraction of sp³-hybridized carbons (Fsp3) is 0.556. The van der Waals surface area contributed by atoms with E-state index in [9.17, 15) is 24.3 Å². The number of aliphatic hydroxyl groups is 1. The molecular weight excluding hydrogens is 478 g/mol. The Bertz CT molecular complexity index is 943. The van der Waals surface area contributed by atoms with E-state index in [4.69, 9.17) is 9.47 Å². The van der Waals surface area contributed by atoms with Gasteiger partial charge in [0, 0.05) is 12.5 Å². The summed E-state index contributed by atoms with van der Waals surface area (Å²) >= 11 is 0. The molecule has 0 aliphatic carbocycles. The van der Waals surface area contributed by atoms with Gasteiger partial charge in [-0.3, -0.25) is 9.59 Å². The quantitative estimate of drug-likeness (QED) is 0.321. The van der Waals surface area contributed by atoms with Gasteiger partial charge in [-0.2, -0.15) is 0 Å². The van der Waals surface area contributed by atoms with E-state index in [-0.39, 0.29) is 50.9 Å². The van der Waals surface area contributed by atoms with Gasteiger partial charge in [-0.15, -0.1) is 0 Å². The highest BCUT2D eigenvalue weighted by atomic mass is 16.6. The van der Waals surface area contributed by atoms with Gasteiger partial charge in [0.05, 0.1) is 18.6 Å². The molecule has 37 heavy (non-hydrogen) atoms. The number of carbonyl (C=O) groups is 4. The predicted molar refractivity (Wildman–Crippen MR) is 137 cm³/mol. The molecule has 0 saturated carbocycles. The lowest BCUT2D eigenvalue weighted by atomic mass is 9.86. The Morgan fingerprint density at radius 3 is 2.49 bits per heavy atom. The van der Waals surface area contributed by atoms with Crippen LogP contribution in [0.2, 0.25) is 0 Å². The van der Waals surface area contributed by atoms with Crippen LogP contribution >= 0.6 is 0 Å². The zero-order valence-electron chi connectivity index (χ0n) is 22.0. The second kappa shape index (κ2) is 14.4. The van der Waals surface area contributed by atoms with Gasteiger partial charge in [-0.25, -0.2) is 9.59 Å². The first-order valence-electron chi connectivity index (χ1n) is 12.5. The van der Waals surface area contributed by atoms with Crippen molar-refractivity contribution in [2.75, 3.05) is 13.2 Å². The SMILES string of the molecule is CC(CO)NC(=O)CC1CC=CCC(NC(=O)OCc2ccccc2)C(=O)OCC(C(C)(C)C)NC1=O. The van der Waals surface area contributed by atoms with Gasteiger partial charge >= 0.3 is 12.1 Å². The average molecular weight is 518 g/mol. The number of alkyl carbamates (subject to hydrolysis) is 1. The highest BCUT2D eigenvalue weighted by Gasteiger charge is 2.32. The van der Waals surface area contributed by atoms with Crippen LogP contribution in [0.15, 0.2) is 42.5 Å². The van der Waals surface area contributed by atoms with Gasteiger partial charge in [0.15, 0.2) is 0 Å². The number of allylic oxidation sites excluding steroid dienone is 1. The Hall–Kier alpha value is -3.40. The number of ether oxygens (including phenoxy) is 2. The van der Waals surface area contributed by atoms with Crippen molar-refractivity contribution in [1.82, 2.24) is 16.0 Å². The first kappa shape index (κ1) is 29.8. The predicted octanol–water partition coefficient (Wildman–Crippen LogP) is 2.21. The molecule has 0 aromatic heterocycles. The van der Waals surface area contributed by atoms with E-state index >= 15 is 0 Å². The molecule has 3 amide bonds. The van der Waals surface area contributed by atoms with Gasteiger partial charge in [0.2, 0.25) is 11.8 Å². The number of benzene rings is 1. The van der Waals surface area contributed by atoms with Crippen LogP contribution in [0.5, 0.6) is 0 Å². The summed E-state index contributed by atoms with van der Waals surface area (Å²) in [6.07, 6.45) is 2.94. The third kappa shape index (κ3) is 10.6. The summed E-state index contributed by atoms with van der Waals surface area (Å²) in [5.74, 6) is -1.97. The Morgan fingerprint density at radius 2 is 1.84 bits per heavy atom. The molecule has 204 valence electrons. The Morgan fingerprint density at radius 1 is 1.16 bits per heavy atom. The first-order chi connectivity index (χ1) is 17.5. The molecule has 0 fully saturated rings. The number of hydrogen-bond acceptors (Lipinski definition) is 7. The zero-order chi connectivity index (χ0) is 27.4. The Balaban J connectivity index is 2.13. The number of esters is 1. The van der Waals surface area contributed by atoms with E-state index in [2.05, 4.69) is 16.0 Å². The Labute approximate surface area is 218 Å². The van der Waals surface area contributed by atoms with Crippen LogP contribution in [0.1, 0.15) is 52.5 Å². The molecule has 4 atom stereocenters. The van der Waals surface area contributed by atoms with E-state index in [1.54, 1.807) is 19.1 Å². The summed E-state index contributed by atoms with van der Waals surface area (Å²) in [6, 6.07) is 7.23. The van der Waals surface area contributed by atoms with Crippen molar-refractivity contribution in [2.45, 2.75) is 71.7 Å². The van der Waals surface area contributed by atoms with Crippen LogP contribution in [0.25, 0.3) is 0 Å². The van der Waals surface area contributed by atoms with E-state index in [0.29, 0.717) is 0 Å². The molecule has 2 rings (SSSR count). The van der Waals surface area contributed by atoms with Crippen molar-refractivity contribution >= 4 is 23.9 Å². The fourth-order valence-corrected chi connectivity index (χ4v) is 3.56. The van der Waals surface area contributed by atoms with E-state index in [0.717, 1.165) is 5.56 Å². The van der Waals surface area contributed by atoms with Crippen LogP contribution in [-0.4, -0.2) is 60.3 Å². The zero-order valence-corrected chi connectivity index (χ0v) is 22.0. The van der Waals surface area contributed by atoms with Gasteiger partial charge < -0.3 is 30.5 Å². The average Bonchev–Trinajstić information content (AvgIpc) is 2.85. The molecule has 0 bridgehead atoms. The highest BCUT2D eigenvalue weighted by molar-refractivity contribution is 5.86. The highest BCUT2D eigenvalue weighted by Crippen LogP contribution is 2.22. The molecule has 10 heteroatoms. The largest absolute Gasteiger partial charge is 0.462 e. The molecule has 0 spiro atoms. The fourth-order valence-electron chi connectivity index (χ4n) is 3.56. The van der Waals surface area contributed by atoms with Gasteiger partial charge in [0.25, 0.3) is 0 Å². The lowest BCUT2D eigenvalue weighted by Crippen LogP contribution is -2.51. The number of aliphatic hydroxyl groups excluding tert-OH is 1. The smallest absolute Gasteiger partial charge is 0.408 e. The lowest BCUT2D eigenvalue weighted by molar-refractivity contribution is -0.148. The monoisotopic (exact) mass is 517 g/mol. The second-order valence-electron chi connectivity index (χ2n) is 10.3. The molecule has 4 unspecified atom stereocenters. The maximum atomic E-state index is 13.1. The maximum Gasteiger partial charge on any atom is 0.408 e. The topological polar surface area (TPSA) is 143 Å². The number of carbonyl (C=O) groups excluding carboxylic acids is 4. The van der Waals surface area contributed by atoms with E-state index in [1.807, 2.05) is 51.1 Å². The van der Waals surface area contributed by atoms with Crippen LogP contribution in [0, 0.1) is 11.3 Å². The molecule has 1 aliphatic rings. The second-order valence-corrected chi connectivity index (χ2v) is 10.3. The summed E-state index contributed by atoms with van der Waals surface area (Å²) in [4.78, 5) is 50.7. The molecule has 4 N–H and O–H groups in total. The van der Waals surface area contributed by atoms with Crippen molar-refractivity contribution in [3.63, 3.8) is 0 Å². The number of nitrogens with one attached hydrogen (secondary N) is 3. The summed E-state index contributed by atoms with van der Waals surface area (Å²) in [5.41, 5.74) is 0.358. The van der Waals surface area contributed by atoms with Gasteiger partial charge in [-0.05, 0) is 30.7 Å². The number of cyclic esters (lactones) is 1. The van der Waals surface area contributed by atoms with Crippen molar-refractivity contribution in [1.29, 1.82) is 0 Å². The van der Waals surface area contributed by atoms with Crippen LogP contribution < -0.4 is 16.0 Å². The molecule has 0 saturated heterocycles. The molecule has 1 aromatic rings. The summed E-state index contributed by atoms with van der Waals surface area (Å²) in [6.45, 7) is 7.12. The molecule has 10 nitrogen and oxygen atoms in total.